The molecule has 2 aromatic heterocycles. The number of likely N-dealkylation sites (tertiary alicyclic amines) is 1. The predicted octanol–water partition coefficient (Wildman–Crippen LogP) is 0.868. The third-order valence-electron chi connectivity index (χ3n) is 5.39. The Hall–Kier alpha value is -2.41. The van der Waals surface area contributed by atoms with Gasteiger partial charge in [-0.1, -0.05) is 6.07 Å². The molecule has 1 amide bonds. The molecule has 0 aromatic carbocycles. The molecular formula is C18H23N5O2. The summed E-state index contributed by atoms with van der Waals surface area (Å²) in [6.07, 6.45) is 2.84. The topological polar surface area (TPSA) is 83.0 Å². The number of carbonyl (C=O) groups excluding carboxylic acids is 1. The first-order chi connectivity index (χ1) is 12.1. The highest BCUT2D eigenvalue weighted by Gasteiger charge is 2.40. The van der Waals surface area contributed by atoms with Gasteiger partial charge >= 0.3 is 0 Å². The molecule has 3 atom stereocenters. The van der Waals surface area contributed by atoms with E-state index in [-0.39, 0.29) is 17.5 Å². The van der Waals surface area contributed by atoms with E-state index in [2.05, 4.69) is 26.5 Å². The van der Waals surface area contributed by atoms with Crippen LogP contribution in [0.25, 0.3) is 0 Å². The maximum Gasteiger partial charge on any atom is 0.251 e. The normalized spacial score (nSPS) is 25.4. The van der Waals surface area contributed by atoms with Crippen molar-refractivity contribution in [1.29, 1.82) is 0 Å². The summed E-state index contributed by atoms with van der Waals surface area (Å²) in [6, 6.07) is 7.53. The molecule has 4 rings (SSSR count). The van der Waals surface area contributed by atoms with Crippen LogP contribution in [0.3, 0.4) is 0 Å². The lowest BCUT2D eigenvalue weighted by atomic mass is 9.78. The second-order valence-corrected chi connectivity index (χ2v) is 7.13. The van der Waals surface area contributed by atoms with Gasteiger partial charge in [-0.25, -0.2) is 0 Å². The number of pyridine rings is 1. The Morgan fingerprint density at radius 1 is 1.36 bits per heavy atom. The molecule has 0 radical (unpaired) electrons. The van der Waals surface area contributed by atoms with Gasteiger partial charge < -0.3 is 9.88 Å². The molecule has 2 bridgehead atoms. The molecule has 4 heterocycles. The Labute approximate surface area is 146 Å². The summed E-state index contributed by atoms with van der Waals surface area (Å²) in [7, 11) is 0. The quantitative estimate of drug-likeness (QED) is 0.864. The standard InChI is InChI=1S/C18H23N5O2/c1-12(24)19-8-17-14-7-13(16-3-2-4-18(25)23(16)17)9-22(10-14)11-15-5-6-20-21-15/h2-6,13-14,17H,7-11H2,1H3,(H,19,24)(H,20,21)/t13-,14+,17+/m1/s1. The zero-order chi connectivity index (χ0) is 17.4. The van der Waals surface area contributed by atoms with Gasteiger partial charge in [-0.05, 0) is 24.5 Å². The maximum atomic E-state index is 12.5. The number of fused-ring (bicyclic) bond motifs is 4. The number of aromatic nitrogens is 3. The summed E-state index contributed by atoms with van der Waals surface area (Å²) < 4.78 is 1.92. The van der Waals surface area contributed by atoms with Crippen molar-refractivity contribution in [2.45, 2.75) is 31.8 Å². The Morgan fingerprint density at radius 2 is 2.24 bits per heavy atom. The summed E-state index contributed by atoms with van der Waals surface area (Å²) in [6.45, 7) is 4.70. The second-order valence-electron chi connectivity index (χ2n) is 7.13. The van der Waals surface area contributed by atoms with Crippen molar-refractivity contribution in [1.82, 2.24) is 25.0 Å². The van der Waals surface area contributed by atoms with Crippen molar-refractivity contribution in [2.24, 2.45) is 5.92 Å². The molecule has 2 N–H and O–H groups in total. The number of amides is 1. The average Bonchev–Trinajstić information content (AvgIpc) is 3.08. The smallest absolute Gasteiger partial charge is 0.251 e. The molecule has 1 fully saturated rings. The number of nitrogens with one attached hydrogen (secondary N) is 2. The van der Waals surface area contributed by atoms with Crippen LogP contribution in [-0.4, -0.2) is 45.2 Å². The van der Waals surface area contributed by atoms with E-state index in [1.54, 1.807) is 12.3 Å². The number of H-pyrrole nitrogens is 1. The second kappa shape index (κ2) is 6.48. The summed E-state index contributed by atoms with van der Waals surface area (Å²) in [5.74, 6) is 0.642. The first-order valence-electron chi connectivity index (χ1n) is 8.78. The van der Waals surface area contributed by atoms with Crippen LogP contribution in [0.4, 0.5) is 0 Å². The average molecular weight is 341 g/mol. The molecule has 0 unspecified atom stereocenters. The third kappa shape index (κ3) is 3.11. The zero-order valence-corrected chi connectivity index (χ0v) is 14.3. The molecule has 7 nitrogen and oxygen atoms in total. The minimum Gasteiger partial charge on any atom is -0.354 e. The number of rotatable bonds is 4. The van der Waals surface area contributed by atoms with Gasteiger partial charge in [-0.3, -0.25) is 19.6 Å². The van der Waals surface area contributed by atoms with Crippen LogP contribution in [0.1, 0.15) is 36.7 Å². The van der Waals surface area contributed by atoms with Gasteiger partial charge in [0.15, 0.2) is 0 Å². The van der Waals surface area contributed by atoms with Crippen LogP contribution in [0.2, 0.25) is 0 Å². The van der Waals surface area contributed by atoms with Crippen molar-refractivity contribution >= 4 is 5.91 Å². The monoisotopic (exact) mass is 341 g/mol. The molecule has 25 heavy (non-hydrogen) atoms. The number of carbonyl (C=O) groups is 1. The highest BCUT2D eigenvalue weighted by molar-refractivity contribution is 5.72. The number of piperidine rings is 1. The molecule has 0 spiro atoms. The molecule has 1 saturated heterocycles. The molecule has 0 saturated carbocycles. The van der Waals surface area contributed by atoms with Crippen LogP contribution >= 0.6 is 0 Å². The first kappa shape index (κ1) is 16.1. The van der Waals surface area contributed by atoms with Crippen LogP contribution in [0.5, 0.6) is 0 Å². The van der Waals surface area contributed by atoms with Crippen LogP contribution < -0.4 is 10.9 Å². The highest BCUT2D eigenvalue weighted by atomic mass is 16.1. The van der Waals surface area contributed by atoms with Gasteiger partial charge in [0.2, 0.25) is 5.91 Å². The fourth-order valence-electron chi connectivity index (χ4n) is 4.39. The Kier molecular flexibility index (Phi) is 4.17. The Morgan fingerprint density at radius 3 is 3.00 bits per heavy atom. The van der Waals surface area contributed by atoms with Gasteiger partial charge in [-0.15, -0.1) is 0 Å². The molecule has 2 aliphatic heterocycles. The van der Waals surface area contributed by atoms with Gasteiger partial charge in [-0.2, -0.15) is 5.10 Å². The lowest BCUT2D eigenvalue weighted by molar-refractivity contribution is -0.119. The van der Waals surface area contributed by atoms with Crippen molar-refractivity contribution in [3.8, 4) is 0 Å². The number of hydrogen-bond acceptors (Lipinski definition) is 4. The summed E-state index contributed by atoms with van der Waals surface area (Å²) in [4.78, 5) is 26.3. The van der Waals surface area contributed by atoms with Gasteiger partial charge in [0, 0.05) is 62.7 Å². The van der Waals surface area contributed by atoms with E-state index in [1.807, 2.05) is 16.7 Å². The number of hydrogen-bond donors (Lipinski definition) is 2. The van der Waals surface area contributed by atoms with E-state index >= 15 is 0 Å². The maximum absolute atomic E-state index is 12.5. The Bertz CT molecular complexity index is 813. The summed E-state index contributed by atoms with van der Waals surface area (Å²) in [5.41, 5.74) is 2.22. The zero-order valence-electron chi connectivity index (χ0n) is 14.3. The fourth-order valence-corrected chi connectivity index (χ4v) is 4.39. The predicted molar refractivity (Wildman–Crippen MR) is 93.1 cm³/mol. The molecule has 2 aromatic rings. The van der Waals surface area contributed by atoms with Crippen molar-refractivity contribution < 1.29 is 4.79 Å². The molecule has 7 heteroatoms. The Balaban J connectivity index is 1.64. The minimum atomic E-state index is -0.0576. The van der Waals surface area contributed by atoms with E-state index in [1.165, 1.54) is 6.92 Å². The highest BCUT2D eigenvalue weighted by Crippen LogP contribution is 2.41. The van der Waals surface area contributed by atoms with Gasteiger partial charge in [0.05, 0.1) is 6.04 Å². The number of aromatic amines is 1. The van der Waals surface area contributed by atoms with E-state index in [0.717, 1.165) is 37.4 Å². The van der Waals surface area contributed by atoms with Crippen molar-refractivity contribution in [3.05, 3.63) is 52.2 Å². The van der Waals surface area contributed by atoms with E-state index < -0.39 is 0 Å². The number of nitrogens with zero attached hydrogens (tertiary/aromatic N) is 3. The summed E-state index contributed by atoms with van der Waals surface area (Å²) >= 11 is 0. The van der Waals surface area contributed by atoms with E-state index in [0.29, 0.717) is 18.4 Å². The van der Waals surface area contributed by atoms with Crippen molar-refractivity contribution in [2.75, 3.05) is 19.6 Å². The molecular weight excluding hydrogens is 318 g/mol. The SMILES string of the molecule is CC(=O)NC[C@H]1[C@H]2C[C@H](CN(Cc3ccn[nH]3)C2)c2cccc(=O)n21. The van der Waals surface area contributed by atoms with Crippen LogP contribution in [0, 0.1) is 5.92 Å². The molecule has 132 valence electrons. The molecule has 0 aliphatic carbocycles. The van der Waals surface area contributed by atoms with E-state index in [4.69, 9.17) is 0 Å². The van der Waals surface area contributed by atoms with Crippen LogP contribution in [0.15, 0.2) is 35.3 Å². The summed E-state index contributed by atoms with van der Waals surface area (Å²) in [5, 5.41) is 9.97. The van der Waals surface area contributed by atoms with Crippen molar-refractivity contribution in [3.63, 3.8) is 0 Å². The van der Waals surface area contributed by atoms with Gasteiger partial charge in [0.25, 0.3) is 5.56 Å². The van der Waals surface area contributed by atoms with Crippen LogP contribution in [-0.2, 0) is 11.3 Å². The lowest BCUT2D eigenvalue weighted by Crippen LogP contribution is -2.51. The lowest BCUT2D eigenvalue weighted by Gasteiger charge is -2.47. The minimum absolute atomic E-state index is 0.00779. The molecule has 2 aliphatic rings. The largest absolute Gasteiger partial charge is 0.354 e. The van der Waals surface area contributed by atoms with E-state index in [9.17, 15) is 9.59 Å². The fraction of sp³-hybridized carbons (Fsp3) is 0.500. The first-order valence-corrected chi connectivity index (χ1v) is 8.78. The van der Waals surface area contributed by atoms with Gasteiger partial charge in [0.1, 0.15) is 0 Å². The third-order valence-corrected chi connectivity index (χ3v) is 5.39.